The Labute approximate surface area is 136 Å². The molecule has 0 unspecified atom stereocenters. The summed E-state index contributed by atoms with van der Waals surface area (Å²) in [6.07, 6.45) is 2.84. The van der Waals surface area contributed by atoms with Crippen molar-refractivity contribution in [1.82, 2.24) is 4.98 Å². The quantitative estimate of drug-likeness (QED) is 0.572. The van der Waals surface area contributed by atoms with E-state index in [1.165, 1.54) is 11.1 Å². The summed E-state index contributed by atoms with van der Waals surface area (Å²) in [5.41, 5.74) is 6.62. The van der Waals surface area contributed by atoms with Gasteiger partial charge in [-0.15, -0.1) is 0 Å². The first kappa shape index (κ1) is 14.8. The van der Waals surface area contributed by atoms with Crippen LogP contribution in [-0.2, 0) is 6.42 Å². The molecule has 0 bridgehead atoms. The normalized spacial score (nSPS) is 10.9. The Balaban J connectivity index is 2.20. The molecule has 0 atom stereocenters. The topological polar surface area (TPSA) is 12.9 Å². The maximum Gasteiger partial charge on any atom is 0.0730 e. The Kier molecular flexibility index (Phi) is 4.00. The Morgan fingerprint density at radius 2 is 1.95 bits per heavy atom. The van der Waals surface area contributed by atoms with E-state index in [4.69, 9.17) is 16.6 Å². The molecule has 0 aliphatic heterocycles. The molecule has 22 heavy (non-hydrogen) atoms. The molecule has 0 saturated carbocycles. The van der Waals surface area contributed by atoms with Crippen LogP contribution < -0.4 is 0 Å². The SMILES string of the molecule is C=Cc1ccc2c(Cl)cc(-c3ccc(C)c(CC)c3)nc2c1. The van der Waals surface area contributed by atoms with Crippen molar-refractivity contribution < 1.29 is 0 Å². The minimum Gasteiger partial charge on any atom is -0.248 e. The highest BCUT2D eigenvalue weighted by atomic mass is 35.5. The summed E-state index contributed by atoms with van der Waals surface area (Å²) in [5, 5.41) is 1.70. The molecule has 1 aromatic heterocycles. The highest BCUT2D eigenvalue weighted by molar-refractivity contribution is 6.35. The van der Waals surface area contributed by atoms with E-state index in [1.54, 1.807) is 0 Å². The van der Waals surface area contributed by atoms with Crippen molar-refractivity contribution in [2.75, 3.05) is 0 Å². The summed E-state index contributed by atoms with van der Waals surface area (Å²) < 4.78 is 0. The fraction of sp³-hybridized carbons (Fsp3) is 0.150. The number of nitrogens with zero attached hydrogens (tertiary/aromatic N) is 1. The molecule has 0 spiro atoms. The summed E-state index contributed by atoms with van der Waals surface area (Å²) in [7, 11) is 0. The Morgan fingerprint density at radius 3 is 2.68 bits per heavy atom. The molecule has 110 valence electrons. The van der Waals surface area contributed by atoms with Crippen LogP contribution in [0.2, 0.25) is 5.02 Å². The summed E-state index contributed by atoms with van der Waals surface area (Å²) in [6, 6.07) is 14.4. The third kappa shape index (κ3) is 2.65. The molecular weight excluding hydrogens is 290 g/mol. The molecule has 2 heteroatoms. The lowest BCUT2D eigenvalue weighted by Gasteiger charge is -2.09. The van der Waals surface area contributed by atoms with Crippen LogP contribution in [0, 0.1) is 6.92 Å². The second kappa shape index (κ2) is 5.94. The van der Waals surface area contributed by atoms with E-state index in [0.717, 1.165) is 39.2 Å². The molecule has 0 aliphatic rings. The average Bonchev–Trinajstić information content (AvgIpc) is 2.54. The Bertz CT molecular complexity index is 865. The zero-order chi connectivity index (χ0) is 15.7. The zero-order valence-corrected chi connectivity index (χ0v) is 13.6. The number of rotatable bonds is 3. The second-order valence-electron chi connectivity index (χ2n) is 5.46. The van der Waals surface area contributed by atoms with Crippen LogP contribution in [0.1, 0.15) is 23.6 Å². The molecule has 0 fully saturated rings. The monoisotopic (exact) mass is 307 g/mol. The highest BCUT2D eigenvalue weighted by Gasteiger charge is 2.08. The lowest BCUT2D eigenvalue weighted by molar-refractivity contribution is 1.11. The molecule has 0 saturated heterocycles. The Morgan fingerprint density at radius 1 is 1.14 bits per heavy atom. The maximum absolute atomic E-state index is 6.45. The van der Waals surface area contributed by atoms with Gasteiger partial charge in [0, 0.05) is 10.9 Å². The first-order chi connectivity index (χ1) is 10.6. The zero-order valence-electron chi connectivity index (χ0n) is 12.9. The molecule has 0 amide bonds. The minimum atomic E-state index is 0.731. The van der Waals surface area contributed by atoms with Gasteiger partial charge in [0.25, 0.3) is 0 Å². The molecule has 0 N–H and O–H groups in total. The van der Waals surface area contributed by atoms with Gasteiger partial charge in [-0.3, -0.25) is 0 Å². The number of hydrogen-bond donors (Lipinski definition) is 0. The van der Waals surface area contributed by atoms with E-state index in [9.17, 15) is 0 Å². The standard InChI is InChI=1S/C20H18ClN/c1-4-14-7-9-17-18(21)12-19(22-20(17)10-14)16-8-6-13(3)15(5-2)11-16/h4,6-12H,1,5H2,2-3H3. The van der Waals surface area contributed by atoms with E-state index in [0.29, 0.717) is 0 Å². The van der Waals surface area contributed by atoms with Crippen LogP contribution in [0.15, 0.2) is 49.0 Å². The minimum absolute atomic E-state index is 0.731. The molecule has 0 radical (unpaired) electrons. The van der Waals surface area contributed by atoms with Crippen LogP contribution in [-0.4, -0.2) is 4.98 Å². The van der Waals surface area contributed by atoms with Gasteiger partial charge in [0.2, 0.25) is 0 Å². The lowest BCUT2D eigenvalue weighted by atomic mass is 10.0. The van der Waals surface area contributed by atoms with Crippen molar-refractivity contribution in [3.05, 3.63) is 70.8 Å². The fourth-order valence-electron chi connectivity index (χ4n) is 2.69. The molecule has 2 aromatic carbocycles. The number of aryl methyl sites for hydroxylation is 2. The van der Waals surface area contributed by atoms with Crippen molar-refractivity contribution in [3.63, 3.8) is 0 Å². The first-order valence-electron chi connectivity index (χ1n) is 7.45. The fourth-order valence-corrected chi connectivity index (χ4v) is 2.95. The third-order valence-corrected chi connectivity index (χ3v) is 4.36. The molecule has 3 rings (SSSR count). The van der Waals surface area contributed by atoms with E-state index in [2.05, 4.69) is 38.6 Å². The van der Waals surface area contributed by atoms with Gasteiger partial charge in [-0.1, -0.05) is 55.4 Å². The largest absolute Gasteiger partial charge is 0.248 e. The summed E-state index contributed by atoms with van der Waals surface area (Å²) in [4.78, 5) is 4.79. The summed E-state index contributed by atoms with van der Waals surface area (Å²) in [6.45, 7) is 8.12. The predicted octanol–water partition coefficient (Wildman–Crippen LogP) is 6.07. The van der Waals surface area contributed by atoms with Crippen LogP contribution in [0.5, 0.6) is 0 Å². The van der Waals surface area contributed by atoms with E-state index in [-0.39, 0.29) is 0 Å². The van der Waals surface area contributed by atoms with Gasteiger partial charge in [0.15, 0.2) is 0 Å². The summed E-state index contributed by atoms with van der Waals surface area (Å²) in [5.74, 6) is 0. The van der Waals surface area contributed by atoms with Crippen molar-refractivity contribution in [3.8, 4) is 11.3 Å². The number of pyridine rings is 1. The average molecular weight is 308 g/mol. The first-order valence-corrected chi connectivity index (χ1v) is 7.83. The van der Waals surface area contributed by atoms with Gasteiger partial charge in [0.05, 0.1) is 16.2 Å². The van der Waals surface area contributed by atoms with Gasteiger partial charge in [-0.25, -0.2) is 4.98 Å². The summed E-state index contributed by atoms with van der Waals surface area (Å²) >= 11 is 6.45. The van der Waals surface area contributed by atoms with Crippen LogP contribution >= 0.6 is 11.6 Å². The van der Waals surface area contributed by atoms with Gasteiger partial charge in [-0.2, -0.15) is 0 Å². The van der Waals surface area contributed by atoms with Gasteiger partial charge in [0.1, 0.15) is 0 Å². The van der Waals surface area contributed by atoms with E-state index in [1.807, 2.05) is 30.3 Å². The van der Waals surface area contributed by atoms with E-state index < -0.39 is 0 Å². The third-order valence-electron chi connectivity index (χ3n) is 4.04. The highest BCUT2D eigenvalue weighted by Crippen LogP contribution is 2.29. The van der Waals surface area contributed by atoms with Crippen LogP contribution in [0.3, 0.4) is 0 Å². The van der Waals surface area contributed by atoms with Gasteiger partial charge < -0.3 is 0 Å². The van der Waals surface area contributed by atoms with Gasteiger partial charge >= 0.3 is 0 Å². The van der Waals surface area contributed by atoms with Crippen molar-refractivity contribution in [1.29, 1.82) is 0 Å². The number of fused-ring (bicyclic) bond motifs is 1. The molecule has 3 aromatic rings. The maximum atomic E-state index is 6.45. The molecular formula is C20H18ClN. The molecule has 1 nitrogen and oxygen atoms in total. The lowest BCUT2D eigenvalue weighted by Crippen LogP contribution is -1.91. The van der Waals surface area contributed by atoms with Crippen molar-refractivity contribution in [2.24, 2.45) is 0 Å². The van der Waals surface area contributed by atoms with E-state index >= 15 is 0 Å². The number of benzene rings is 2. The second-order valence-corrected chi connectivity index (χ2v) is 5.87. The van der Waals surface area contributed by atoms with Crippen molar-refractivity contribution in [2.45, 2.75) is 20.3 Å². The van der Waals surface area contributed by atoms with Gasteiger partial charge in [-0.05, 0) is 48.2 Å². The van der Waals surface area contributed by atoms with Crippen molar-refractivity contribution >= 4 is 28.6 Å². The number of halogens is 1. The number of hydrogen-bond acceptors (Lipinski definition) is 1. The molecule has 1 heterocycles. The molecule has 0 aliphatic carbocycles. The Hall–Kier alpha value is -2.12. The van der Waals surface area contributed by atoms with Crippen LogP contribution in [0.25, 0.3) is 28.2 Å². The number of aromatic nitrogens is 1. The smallest absolute Gasteiger partial charge is 0.0730 e. The predicted molar refractivity (Wildman–Crippen MR) is 96.4 cm³/mol. The van der Waals surface area contributed by atoms with Crippen LogP contribution in [0.4, 0.5) is 0 Å².